The lowest BCUT2D eigenvalue weighted by Crippen LogP contribution is -2.41. The van der Waals surface area contributed by atoms with Crippen molar-refractivity contribution in [3.05, 3.63) is 34.7 Å². The molecule has 4 rings (SSSR count). The van der Waals surface area contributed by atoms with E-state index in [1.165, 1.54) is 74.6 Å². The van der Waals surface area contributed by atoms with Gasteiger partial charge in [-0.15, -0.1) is 0 Å². The van der Waals surface area contributed by atoms with Gasteiger partial charge in [0.05, 0.1) is 25.4 Å². The van der Waals surface area contributed by atoms with Gasteiger partial charge in [0.25, 0.3) is 0 Å². The minimum Gasteiger partial charge on any atom is -0.373 e. The first-order valence-electron chi connectivity index (χ1n) is 11.1. The van der Waals surface area contributed by atoms with Gasteiger partial charge in [0.15, 0.2) is 0 Å². The van der Waals surface area contributed by atoms with E-state index in [1.54, 1.807) is 0 Å². The van der Waals surface area contributed by atoms with Gasteiger partial charge in [0.1, 0.15) is 0 Å². The lowest BCUT2D eigenvalue weighted by molar-refractivity contribution is -0.157. The maximum absolute atomic E-state index is 6.12. The molecule has 0 bridgehead atoms. The number of ether oxygens (including phenoxy) is 2. The van der Waals surface area contributed by atoms with Gasteiger partial charge in [-0.2, -0.15) is 0 Å². The van der Waals surface area contributed by atoms with Gasteiger partial charge in [-0.05, 0) is 41.5 Å². The van der Waals surface area contributed by atoms with E-state index in [9.17, 15) is 0 Å². The monoisotopic (exact) mass is 358 g/mol. The first kappa shape index (κ1) is 19.9. The third-order valence-corrected chi connectivity index (χ3v) is 6.47. The molecular formula is C24H38O2. The van der Waals surface area contributed by atoms with Crippen LogP contribution in [-0.2, 0) is 9.47 Å². The van der Waals surface area contributed by atoms with Crippen molar-refractivity contribution in [2.45, 2.75) is 90.3 Å². The van der Waals surface area contributed by atoms with Gasteiger partial charge in [-0.3, -0.25) is 0 Å². The normalized spacial score (nSPS) is 29.6. The summed E-state index contributed by atoms with van der Waals surface area (Å²) >= 11 is 0. The Labute approximate surface area is 160 Å². The Morgan fingerprint density at radius 1 is 0.769 bits per heavy atom. The molecule has 0 aromatic rings. The average Bonchev–Trinajstić information content (AvgIpc) is 2.69. The lowest BCUT2D eigenvalue weighted by atomic mass is 9.77. The Bertz CT molecular complexity index is 519. The van der Waals surface area contributed by atoms with Crippen molar-refractivity contribution in [1.29, 1.82) is 0 Å². The van der Waals surface area contributed by atoms with E-state index in [1.807, 2.05) is 0 Å². The van der Waals surface area contributed by atoms with Crippen LogP contribution in [0.25, 0.3) is 0 Å². The molecule has 2 fully saturated rings. The summed E-state index contributed by atoms with van der Waals surface area (Å²) in [6.07, 6.45) is 14.2. The molecule has 146 valence electrons. The van der Waals surface area contributed by atoms with E-state index in [2.05, 4.69) is 38.1 Å². The Morgan fingerprint density at radius 2 is 1.38 bits per heavy atom. The zero-order valence-electron chi connectivity index (χ0n) is 16.9. The van der Waals surface area contributed by atoms with E-state index in [4.69, 9.17) is 9.47 Å². The molecule has 1 saturated carbocycles. The van der Waals surface area contributed by atoms with E-state index in [0.717, 1.165) is 25.0 Å². The summed E-state index contributed by atoms with van der Waals surface area (Å²) in [5, 5.41) is 2.85. The quantitative estimate of drug-likeness (QED) is 0.583. The SMILES string of the molecule is CCCCC1CCC(C2COC(CCCC)CO2)CC1.c1cc2ccc1=2. The molecule has 2 unspecified atom stereocenters. The molecule has 0 N–H and O–H groups in total. The Morgan fingerprint density at radius 3 is 1.85 bits per heavy atom. The molecule has 1 aliphatic heterocycles. The highest BCUT2D eigenvalue weighted by Crippen LogP contribution is 2.35. The minimum absolute atomic E-state index is 0.368. The zero-order valence-corrected chi connectivity index (χ0v) is 16.9. The highest BCUT2D eigenvalue weighted by molar-refractivity contribution is 5.22. The van der Waals surface area contributed by atoms with Gasteiger partial charge < -0.3 is 9.47 Å². The second-order valence-electron chi connectivity index (χ2n) is 8.47. The smallest absolute Gasteiger partial charge is 0.0838 e. The molecule has 2 atom stereocenters. The summed E-state index contributed by atoms with van der Waals surface area (Å²) in [5.74, 6) is 1.76. The van der Waals surface area contributed by atoms with Crippen LogP contribution in [0.3, 0.4) is 0 Å². The summed E-state index contributed by atoms with van der Waals surface area (Å²) in [7, 11) is 0. The second kappa shape index (κ2) is 10.5. The number of hydrogen-bond donors (Lipinski definition) is 0. The van der Waals surface area contributed by atoms with Gasteiger partial charge >= 0.3 is 0 Å². The first-order chi connectivity index (χ1) is 12.8. The van der Waals surface area contributed by atoms with Crippen molar-refractivity contribution in [1.82, 2.24) is 0 Å². The topological polar surface area (TPSA) is 18.5 Å². The molecule has 1 heterocycles. The van der Waals surface area contributed by atoms with E-state index < -0.39 is 0 Å². The fraction of sp³-hybridized carbons (Fsp3) is 0.750. The summed E-state index contributed by atoms with van der Waals surface area (Å²) in [4.78, 5) is 0. The molecule has 3 aliphatic carbocycles. The van der Waals surface area contributed by atoms with E-state index >= 15 is 0 Å². The second-order valence-corrected chi connectivity index (χ2v) is 8.47. The third kappa shape index (κ3) is 5.57. The fourth-order valence-corrected chi connectivity index (χ4v) is 4.43. The van der Waals surface area contributed by atoms with Crippen LogP contribution in [0, 0.1) is 22.3 Å². The van der Waals surface area contributed by atoms with Crippen LogP contribution in [-0.4, -0.2) is 25.4 Å². The van der Waals surface area contributed by atoms with Gasteiger partial charge in [0, 0.05) is 0 Å². The molecule has 0 amide bonds. The Balaban J connectivity index is 0.000000269. The molecule has 2 heteroatoms. The maximum atomic E-state index is 6.12. The first-order valence-corrected chi connectivity index (χ1v) is 11.1. The Hall–Kier alpha value is -0.860. The minimum atomic E-state index is 0.368. The lowest BCUT2D eigenvalue weighted by Gasteiger charge is -2.38. The molecular weight excluding hydrogens is 320 g/mol. The largest absolute Gasteiger partial charge is 0.373 e. The van der Waals surface area contributed by atoms with E-state index in [0.29, 0.717) is 12.2 Å². The standard InChI is InChI=1S/C18H34O2.C6H4/c1-3-5-7-15-9-11-16(12-10-15)18-14-19-17(13-20-18)8-6-4-2;1-2-6-4-3-5(1)6/h15-18H,3-14H2,1-2H3;1-4H. The molecule has 0 aromatic carbocycles. The van der Waals surface area contributed by atoms with Crippen molar-refractivity contribution in [3.8, 4) is 0 Å². The van der Waals surface area contributed by atoms with Crippen LogP contribution in [0.15, 0.2) is 24.3 Å². The zero-order chi connectivity index (χ0) is 18.2. The Kier molecular flexibility index (Phi) is 8.01. The fourth-order valence-electron chi connectivity index (χ4n) is 4.43. The molecule has 0 spiro atoms. The summed E-state index contributed by atoms with van der Waals surface area (Å²) in [5.41, 5.74) is 0. The van der Waals surface area contributed by atoms with Gasteiger partial charge in [-0.25, -0.2) is 0 Å². The molecule has 26 heavy (non-hydrogen) atoms. The highest BCUT2D eigenvalue weighted by atomic mass is 16.6. The van der Waals surface area contributed by atoms with Crippen molar-refractivity contribution in [2.75, 3.05) is 13.2 Å². The highest BCUT2D eigenvalue weighted by Gasteiger charge is 2.31. The molecule has 0 aromatic heterocycles. The molecule has 4 aliphatic rings. The molecule has 0 radical (unpaired) electrons. The van der Waals surface area contributed by atoms with Crippen LogP contribution in [0.5, 0.6) is 0 Å². The summed E-state index contributed by atoms with van der Waals surface area (Å²) < 4.78 is 12.1. The number of unbranched alkanes of at least 4 members (excludes halogenated alkanes) is 2. The maximum Gasteiger partial charge on any atom is 0.0838 e. The average molecular weight is 359 g/mol. The number of rotatable bonds is 7. The van der Waals surface area contributed by atoms with Crippen molar-refractivity contribution < 1.29 is 9.47 Å². The van der Waals surface area contributed by atoms with Crippen LogP contribution >= 0.6 is 0 Å². The van der Waals surface area contributed by atoms with Crippen LogP contribution < -0.4 is 0 Å². The summed E-state index contributed by atoms with van der Waals surface area (Å²) in [6, 6.07) is 8.48. The van der Waals surface area contributed by atoms with Crippen LogP contribution in [0.2, 0.25) is 0 Å². The third-order valence-electron chi connectivity index (χ3n) is 6.47. The number of hydrogen-bond acceptors (Lipinski definition) is 2. The molecule has 2 nitrogen and oxygen atoms in total. The van der Waals surface area contributed by atoms with Crippen LogP contribution in [0.4, 0.5) is 0 Å². The summed E-state index contributed by atoms with van der Waals surface area (Å²) in [6.45, 7) is 6.22. The van der Waals surface area contributed by atoms with E-state index in [-0.39, 0.29) is 0 Å². The number of benzene rings is 1. The van der Waals surface area contributed by atoms with Crippen molar-refractivity contribution in [3.63, 3.8) is 0 Å². The molecule has 1 saturated heterocycles. The predicted octanol–water partition coefficient (Wildman–Crippen LogP) is 6.24. The van der Waals surface area contributed by atoms with Crippen LogP contribution in [0.1, 0.15) is 78.1 Å². The van der Waals surface area contributed by atoms with Crippen molar-refractivity contribution >= 4 is 0 Å². The van der Waals surface area contributed by atoms with Gasteiger partial charge in [-0.1, -0.05) is 83.1 Å². The predicted molar refractivity (Wildman–Crippen MR) is 108 cm³/mol. The van der Waals surface area contributed by atoms with Crippen molar-refractivity contribution in [2.24, 2.45) is 11.8 Å². The van der Waals surface area contributed by atoms with Gasteiger partial charge in [0.2, 0.25) is 0 Å².